The minimum Gasteiger partial charge on any atom is -0.458 e. The van der Waals surface area contributed by atoms with Crippen LogP contribution in [0.25, 0.3) is 0 Å². The van der Waals surface area contributed by atoms with E-state index in [0.29, 0.717) is 0 Å². The number of carbonyl (C=O) groups excluding carboxylic acids is 1. The minimum absolute atomic E-state index is 0.182. The highest BCUT2D eigenvalue weighted by Gasteiger charge is 2.07. The third-order valence-corrected chi connectivity index (χ3v) is 2.01. The fourth-order valence-electron chi connectivity index (χ4n) is 1.24. The Morgan fingerprint density at radius 3 is 2.36 bits per heavy atom. The van der Waals surface area contributed by atoms with Gasteiger partial charge in [0.1, 0.15) is 6.10 Å². The number of ether oxygens (including phenoxy) is 1. The molecular weight excluding hydrogens is 178 g/mol. The molecule has 0 amide bonds. The molecule has 0 saturated heterocycles. The maximum absolute atomic E-state index is 10.7. The SMILES string of the molecule is CNc1ccc(C(C)OC(C)=O)cc1. The number of hydrogen-bond acceptors (Lipinski definition) is 3. The number of rotatable bonds is 3. The van der Waals surface area contributed by atoms with Crippen LogP contribution in [0.1, 0.15) is 25.5 Å². The molecule has 1 N–H and O–H groups in total. The summed E-state index contributed by atoms with van der Waals surface area (Å²) in [6.07, 6.45) is -0.182. The molecule has 0 fully saturated rings. The molecule has 0 aliphatic heterocycles. The van der Waals surface area contributed by atoms with Crippen LogP contribution in [0.4, 0.5) is 5.69 Å². The fourth-order valence-corrected chi connectivity index (χ4v) is 1.24. The van der Waals surface area contributed by atoms with Gasteiger partial charge in [0.2, 0.25) is 0 Å². The molecule has 0 spiro atoms. The quantitative estimate of drug-likeness (QED) is 0.749. The number of nitrogens with one attached hydrogen (secondary N) is 1. The molecule has 3 nitrogen and oxygen atoms in total. The van der Waals surface area contributed by atoms with E-state index in [1.807, 2.05) is 38.2 Å². The Kier molecular flexibility index (Phi) is 3.51. The molecule has 0 saturated carbocycles. The summed E-state index contributed by atoms with van der Waals surface area (Å²) in [7, 11) is 1.87. The largest absolute Gasteiger partial charge is 0.458 e. The normalized spacial score (nSPS) is 11.9. The van der Waals surface area contributed by atoms with Gasteiger partial charge < -0.3 is 10.1 Å². The van der Waals surface area contributed by atoms with Crippen LogP contribution in [0.5, 0.6) is 0 Å². The molecule has 0 aliphatic rings. The van der Waals surface area contributed by atoms with Crippen LogP contribution in [0, 0.1) is 0 Å². The van der Waals surface area contributed by atoms with E-state index in [1.165, 1.54) is 6.92 Å². The van der Waals surface area contributed by atoms with Gasteiger partial charge in [0.25, 0.3) is 0 Å². The Morgan fingerprint density at radius 2 is 1.93 bits per heavy atom. The molecule has 0 aliphatic carbocycles. The maximum Gasteiger partial charge on any atom is 0.303 e. The molecule has 14 heavy (non-hydrogen) atoms. The Morgan fingerprint density at radius 1 is 1.36 bits per heavy atom. The first kappa shape index (κ1) is 10.6. The van der Waals surface area contributed by atoms with E-state index < -0.39 is 0 Å². The molecule has 1 rings (SSSR count). The van der Waals surface area contributed by atoms with Crippen LogP contribution in [-0.2, 0) is 9.53 Å². The Hall–Kier alpha value is -1.51. The smallest absolute Gasteiger partial charge is 0.303 e. The second kappa shape index (κ2) is 4.65. The zero-order chi connectivity index (χ0) is 10.6. The maximum atomic E-state index is 10.7. The van der Waals surface area contributed by atoms with Gasteiger partial charge >= 0.3 is 5.97 Å². The molecule has 0 radical (unpaired) electrons. The zero-order valence-electron chi connectivity index (χ0n) is 8.70. The second-order valence-corrected chi connectivity index (χ2v) is 3.12. The third-order valence-electron chi connectivity index (χ3n) is 2.01. The number of esters is 1. The summed E-state index contributed by atoms with van der Waals surface area (Å²) in [4.78, 5) is 10.7. The Labute approximate surface area is 84.1 Å². The topological polar surface area (TPSA) is 38.3 Å². The number of hydrogen-bond donors (Lipinski definition) is 1. The van der Waals surface area contributed by atoms with Crippen LogP contribution >= 0.6 is 0 Å². The lowest BCUT2D eigenvalue weighted by Crippen LogP contribution is -2.04. The number of carbonyl (C=O) groups is 1. The van der Waals surface area contributed by atoms with Gasteiger partial charge in [-0.3, -0.25) is 4.79 Å². The predicted molar refractivity (Wildman–Crippen MR) is 56.2 cm³/mol. The van der Waals surface area contributed by atoms with Crippen molar-refractivity contribution in [3.63, 3.8) is 0 Å². The van der Waals surface area contributed by atoms with E-state index in [4.69, 9.17) is 4.74 Å². The summed E-state index contributed by atoms with van der Waals surface area (Å²) in [5.74, 6) is -0.254. The van der Waals surface area contributed by atoms with Gasteiger partial charge in [-0.25, -0.2) is 0 Å². The lowest BCUT2D eigenvalue weighted by molar-refractivity contribution is -0.145. The average molecular weight is 193 g/mol. The molecule has 0 bridgehead atoms. The summed E-state index contributed by atoms with van der Waals surface area (Å²) in [6, 6.07) is 7.80. The van der Waals surface area contributed by atoms with E-state index >= 15 is 0 Å². The molecule has 76 valence electrons. The van der Waals surface area contributed by atoms with E-state index in [2.05, 4.69) is 5.32 Å². The van der Waals surface area contributed by atoms with Crippen molar-refractivity contribution in [2.24, 2.45) is 0 Å². The van der Waals surface area contributed by atoms with Crippen molar-refractivity contribution >= 4 is 11.7 Å². The first-order valence-corrected chi connectivity index (χ1v) is 4.58. The molecule has 1 unspecified atom stereocenters. The molecule has 0 aromatic heterocycles. The minimum atomic E-state index is -0.254. The molecule has 0 heterocycles. The van der Waals surface area contributed by atoms with E-state index in [-0.39, 0.29) is 12.1 Å². The van der Waals surface area contributed by atoms with Crippen LogP contribution in [0.3, 0.4) is 0 Å². The second-order valence-electron chi connectivity index (χ2n) is 3.12. The van der Waals surface area contributed by atoms with Crippen LogP contribution in [0.2, 0.25) is 0 Å². The highest BCUT2D eigenvalue weighted by molar-refractivity contribution is 5.66. The van der Waals surface area contributed by atoms with Gasteiger partial charge in [0.15, 0.2) is 0 Å². The summed E-state index contributed by atoms with van der Waals surface area (Å²) in [6.45, 7) is 3.27. The van der Waals surface area contributed by atoms with Gasteiger partial charge in [-0.05, 0) is 24.6 Å². The standard InChI is InChI=1S/C11H15NO2/c1-8(14-9(2)13)10-4-6-11(12-3)7-5-10/h4-8,12H,1-3H3. The predicted octanol–water partition coefficient (Wildman–Crippen LogP) is 2.35. The molecule has 3 heteroatoms. The molecule has 1 aromatic carbocycles. The van der Waals surface area contributed by atoms with Crippen LogP contribution < -0.4 is 5.32 Å². The third kappa shape index (κ3) is 2.76. The zero-order valence-corrected chi connectivity index (χ0v) is 8.70. The van der Waals surface area contributed by atoms with Gasteiger partial charge in [-0.1, -0.05) is 12.1 Å². The van der Waals surface area contributed by atoms with Gasteiger partial charge in [-0.2, -0.15) is 0 Å². The average Bonchev–Trinajstić information content (AvgIpc) is 2.17. The van der Waals surface area contributed by atoms with E-state index in [0.717, 1.165) is 11.3 Å². The summed E-state index contributed by atoms with van der Waals surface area (Å²) in [5.41, 5.74) is 2.04. The van der Waals surface area contributed by atoms with Crippen molar-refractivity contribution in [2.75, 3.05) is 12.4 Å². The Balaban J connectivity index is 2.71. The Bertz CT molecular complexity index is 306. The highest BCUT2D eigenvalue weighted by Crippen LogP contribution is 2.18. The van der Waals surface area contributed by atoms with Gasteiger partial charge in [0.05, 0.1) is 0 Å². The van der Waals surface area contributed by atoms with Crippen molar-refractivity contribution in [2.45, 2.75) is 20.0 Å². The lowest BCUT2D eigenvalue weighted by Gasteiger charge is -2.12. The number of anilines is 1. The van der Waals surface area contributed by atoms with Crippen molar-refractivity contribution in [1.82, 2.24) is 0 Å². The van der Waals surface area contributed by atoms with Gasteiger partial charge in [-0.15, -0.1) is 0 Å². The first-order chi connectivity index (χ1) is 6.63. The summed E-state index contributed by atoms with van der Waals surface area (Å²) in [5, 5.41) is 3.03. The molecular formula is C11H15NO2. The van der Waals surface area contributed by atoms with E-state index in [1.54, 1.807) is 0 Å². The lowest BCUT2D eigenvalue weighted by atomic mass is 10.1. The first-order valence-electron chi connectivity index (χ1n) is 4.58. The summed E-state index contributed by atoms with van der Waals surface area (Å²) < 4.78 is 5.05. The van der Waals surface area contributed by atoms with E-state index in [9.17, 15) is 4.79 Å². The summed E-state index contributed by atoms with van der Waals surface area (Å²) >= 11 is 0. The fraction of sp³-hybridized carbons (Fsp3) is 0.364. The van der Waals surface area contributed by atoms with Crippen molar-refractivity contribution in [1.29, 1.82) is 0 Å². The number of benzene rings is 1. The van der Waals surface area contributed by atoms with Gasteiger partial charge in [0, 0.05) is 19.7 Å². The van der Waals surface area contributed by atoms with Crippen molar-refractivity contribution in [3.8, 4) is 0 Å². The monoisotopic (exact) mass is 193 g/mol. The van der Waals surface area contributed by atoms with Crippen molar-refractivity contribution < 1.29 is 9.53 Å². The van der Waals surface area contributed by atoms with Crippen LogP contribution in [0.15, 0.2) is 24.3 Å². The molecule has 1 aromatic rings. The van der Waals surface area contributed by atoms with Crippen LogP contribution in [-0.4, -0.2) is 13.0 Å². The van der Waals surface area contributed by atoms with Crippen molar-refractivity contribution in [3.05, 3.63) is 29.8 Å². The highest BCUT2D eigenvalue weighted by atomic mass is 16.5. The molecule has 1 atom stereocenters.